The maximum absolute atomic E-state index is 13.4. The first kappa shape index (κ1) is 24.0. The molecule has 0 aliphatic heterocycles. The lowest BCUT2D eigenvalue weighted by molar-refractivity contribution is 0.0955. The quantitative estimate of drug-likeness (QED) is 0.324. The third-order valence-electron chi connectivity index (χ3n) is 6.15. The molecule has 0 fully saturated rings. The Kier molecular flexibility index (Phi) is 7.07. The molecule has 0 atom stereocenters. The number of benzene rings is 2. The molecule has 1 amide bonds. The largest absolute Gasteiger partial charge is 0.493 e. The van der Waals surface area contributed by atoms with Gasteiger partial charge in [-0.25, -0.2) is 9.67 Å². The molecule has 0 aliphatic rings. The van der Waals surface area contributed by atoms with Crippen LogP contribution in [-0.4, -0.2) is 46.4 Å². The molecule has 37 heavy (non-hydrogen) atoms. The Balaban J connectivity index is 1.42. The summed E-state index contributed by atoms with van der Waals surface area (Å²) in [6.07, 6.45) is 5.86. The molecule has 8 heteroatoms. The summed E-state index contributed by atoms with van der Waals surface area (Å²) in [6, 6.07) is 21.3. The van der Waals surface area contributed by atoms with Crippen LogP contribution in [0.1, 0.15) is 21.5 Å². The van der Waals surface area contributed by atoms with Crippen molar-refractivity contribution in [1.82, 2.24) is 25.1 Å². The van der Waals surface area contributed by atoms with E-state index in [0.29, 0.717) is 47.6 Å². The zero-order valence-electron chi connectivity index (χ0n) is 20.7. The second-order valence-electron chi connectivity index (χ2n) is 8.51. The Morgan fingerprint density at radius 2 is 1.70 bits per heavy atom. The van der Waals surface area contributed by atoms with E-state index in [-0.39, 0.29) is 5.91 Å². The fourth-order valence-corrected chi connectivity index (χ4v) is 4.22. The molecule has 5 aromatic rings. The van der Waals surface area contributed by atoms with Crippen LogP contribution in [0, 0.1) is 0 Å². The van der Waals surface area contributed by atoms with Crippen LogP contribution in [0.4, 0.5) is 0 Å². The molecule has 186 valence electrons. The summed E-state index contributed by atoms with van der Waals surface area (Å²) in [5.41, 5.74) is 4.93. The Hall–Kier alpha value is -4.72. The lowest BCUT2D eigenvalue weighted by Gasteiger charge is -2.11. The summed E-state index contributed by atoms with van der Waals surface area (Å²) in [4.78, 5) is 22.4. The monoisotopic (exact) mass is 493 g/mol. The van der Waals surface area contributed by atoms with Gasteiger partial charge in [-0.05, 0) is 47.9 Å². The van der Waals surface area contributed by atoms with E-state index in [1.54, 1.807) is 32.8 Å². The Bertz CT molecular complexity index is 1520. The van der Waals surface area contributed by atoms with Crippen LogP contribution in [-0.2, 0) is 13.0 Å². The molecule has 5 rings (SSSR count). The van der Waals surface area contributed by atoms with E-state index >= 15 is 0 Å². The van der Waals surface area contributed by atoms with Crippen molar-refractivity contribution in [2.75, 3.05) is 20.8 Å². The molecule has 0 unspecified atom stereocenters. The number of rotatable bonds is 9. The molecule has 0 bridgehead atoms. The van der Waals surface area contributed by atoms with Gasteiger partial charge in [-0.1, -0.05) is 36.4 Å². The van der Waals surface area contributed by atoms with E-state index in [2.05, 4.69) is 15.4 Å². The average Bonchev–Trinajstić information content (AvgIpc) is 3.35. The summed E-state index contributed by atoms with van der Waals surface area (Å²) in [7, 11) is 3.22. The number of hydrogen-bond acceptors (Lipinski definition) is 6. The minimum Gasteiger partial charge on any atom is -0.493 e. The van der Waals surface area contributed by atoms with Gasteiger partial charge in [0.05, 0.1) is 43.6 Å². The first-order valence-corrected chi connectivity index (χ1v) is 12.0. The highest BCUT2D eigenvalue weighted by atomic mass is 16.5. The highest BCUT2D eigenvalue weighted by Crippen LogP contribution is 2.28. The minimum atomic E-state index is -0.173. The third-order valence-corrected chi connectivity index (χ3v) is 6.15. The van der Waals surface area contributed by atoms with Gasteiger partial charge in [-0.3, -0.25) is 9.78 Å². The highest BCUT2D eigenvalue weighted by molar-refractivity contribution is 6.06. The molecule has 0 saturated carbocycles. The minimum absolute atomic E-state index is 0.173. The zero-order valence-corrected chi connectivity index (χ0v) is 20.7. The van der Waals surface area contributed by atoms with Crippen LogP contribution >= 0.6 is 0 Å². The van der Waals surface area contributed by atoms with E-state index in [1.807, 2.05) is 71.4 Å². The van der Waals surface area contributed by atoms with Crippen LogP contribution < -0.4 is 14.8 Å². The normalized spacial score (nSPS) is 10.9. The number of ether oxygens (including phenoxy) is 2. The fourth-order valence-electron chi connectivity index (χ4n) is 4.22. The number of fused-ring (bicyclic) bond motifs is 1. The summed E-state index contributed by atoms with van der Waals surface area (Å²) >= 11 is 0. The second-order valence-corrected chi connectivity index (χ2v) is 8.51. The van der Waals surface area contributed by atoms with E-state index in [9.17, 15) is 4.79 Å². The molecule has 1 N–H and O–H groups in total. The van der Waals surface area contributed by atoms with Crippen molar-refractivity contribution in [1.29, 1.82) is 0 Å². The number of carbonyl (C=O) groups is 1. The molecule has 8 nitrogen and oxygen atoms in total. The second kappa shape index (κ2) is 10.9. The fraction of sp³-hybridized carbons (Fsp3) is 0.172. The molecule has 2 aromatic carbocycles. The zero-order chi connectivity index (χ0) is 25.6. The SMILES string of the molecule is COc1ccc(CCNC(=O)c2cc(-c3ccccc3)nc3c2cnn3Cc2ccncc2)cc1OC. The van der Waals surface area contributed by atoms with Crippen molar-refractivity contribution in [2.24, 2.45) is 0 Å². The van der Waals surface area contributed by atoms with Crippen molar-refractivity contribution in [3.05, 3.63) is 102 Å². The maximum atomic E-state index is 13.4. The van der Waals surface area contributed by atoms with Gasteiger partial charge in [0.15, 0.2) is 17.1 Å². The molecule has 3 aromatic heterocycles. The predicted octanol–water partition coefficient (Wildman–Crippen LogP) is 4.53. The molecular formula is C29H27N5O3. The Labute approximate surface area is 214 Å². The molecular weight excluding hydrogens is 466 g/mol. The van der Waals surface area contributed by atoms with E-state index < -0.39 is 0 Å². The Morgan fingerprint density at radius 1 is 0.919 bits per heavy atom. The van der Waals surface area contributed by atoms with Gasteiger partial charge >= 0.3 is 0 Å². The standard InChI is InChI=1S/C29H27N5O3/c1-36-26-9-8-20(16-27(26)37-2)12-15-31-29(35)23-17-25(22-6-4-3-5-7-22)33-28-24(23)18-32-34(28)19-21-10-13-30-14-11-21/h3-11,13-14,16-18H,12,15,19H2,1-2H3,(H,31,35). The maximum Gasteiger partial charge on any atom is 0.252 e. The molecule has 0 spiro atoms. The number of nitrogens with one attached hydrogen (secondary N) is 1. The van der Waals surface area contributed by atoms with Crippen molar-refractivity contribution in [3.63, 3.8) is 0 Å². The molecule has 0 aliphatic carbocycles. The number of nitrogens with zero attached hydrogens (tertiary/aromatic N) is 4. The smallest absolute Gasteiger partial charge is 0.252 e. The lowest BCUT2D eigenvalue weighted by Crippen LogP contribution is -2.26. The predicted molar refractivity (Wildman–Crippen MR) is 142 cm³/mol. The summed E-state index contributed by atoms with van der Waals surface area (Å²) in [6.45, 7) is 0.988. The third kappa shape index (κ3) is 5.28. The summed E-state index contributed by atoms with van der Waals surface area (Å²) in [5.74, 6) is 1.16. The topological polar surface area (TPSA) is 91.2 Å². The van der Waals surface area contributed by atoms with Crippen molar-refractivity contribution in [2.45, 2.75) is 13.0 Å². The summed E-state index contributed by atoms with van der Waals surface area (Å²) in [5, 5.41) is 8.32. The van der Waals surface area contributed by atoms with E-state index in [1.165, 1.54) is 0 Å². The highest BCUT2D eigenvalue weighted by Gasteiger charge is 2.18. The van der Waals surface area contributed by atoms with Crippen LogP contribution in [0.25, 0.3) is 22.3 Å². The van der Waals surface area contributed by atoms with Crippen molar-refractivity contribution in [3.8, 4) is 22.8 Å². The van der Waals surface area contributed by atoms with Gasteiger partial charge < -0.3 is 14.8 Å². The van der Waals surface area contributed by atoms with Crippen molar-refractivity contribution >= 4 is 16.9 Å². The van der Waals surface area contributed by atoms with Gasteiger partial charge in [0.1, 0.15) is 0 Å². The first-order chi connectivity index (χ1) is 18.2. The van der Waals surface area contributed by atoms with E-state index in [4.69, 9.17) is 14.5 Å². The molecule has 0 radical (unpaired) electrons. The van der Waals surface area contributed by atoms with Crippen molar-refractivity contribution < 1.29 is 14.3 Å². The number of methoxy groups -OCH3 is 2. The Morgan fingerprint density at radius 3 is 2.46 bits per heavy atom. The van der Waals surface area contributed by atoms with Gasteiger partial charge in [0.25, 0.3) is 5.91 Å². The number of amides is 1. The van der Waals surface area contributed by atoms with Gasteiger partial charge in [0.2, 0.25) is 0 Å². The first-order valence-electron chi connectivity index (χ1n) is 12.0. The molecule has 0 saturated heterocycles. The van der Waals surface area contributed by atoms with Crippen LogP contribution in [0.3, 0.4) is 0 Å². The summed E-state index contributed by atoms with van der Waals surface area (Å²) < 4.78 is 12.5. The number of pyridine rings is 2. The van der Waals surface area contributed by atoms with Crippen LogP contribution in [0.2, 0.25) is 0 Å². The number of aromatic nitrogens is 4. The van der Waals surface area contributed by atoms with Gasteiger partial charge in [-0.2, -0.15) is 5.10 Å². The lowest BCUT2D eigenvalue weighted by atomic mass is 10.1. The van der Waals surface area contributed by atoms with E-state index in [0.717, 1.165) is 22.4 Å². The average molecular weight is 494 g/mol. The van der Waals surface area contributed by atoms with Crippen LogP contribution in [0.15, 0.2) is 85.3 Å². The van der Waals surface area contributed by atoms with Gasteiger partial charge in [-0.15, -0.1) is 0 Å². The van der Waals surface area contributed by atoms with Gasteiger partial charge in [0, 0.05) is 24.5 Å². The molecule has 3 heterocycles. The number of hydrogen-bond donors (Lipinski definition) is 1. The number of carbonyl (C=O) groups excluding carboxylic acids is 1. The van der Waals surface area contributed by atoms with Crippen LogP contribution in [0.5, 0.6) is 11.5 Å².